The summed E-state index contributed by atoms with van der Waals surface area (Å²) in [6, 6.07) is 5.41. The highest BCUT2D eigenvalue weighted by molar-refractivity contribution is 7.88. The summed E-state index contributed by atoms with van der Waals surface area (Å²) < 4.78 is 119. The zero-order chi connectivity index (χ0) is 39.1. The summed E-state index contributed by atoms with van der Waals surface area (Å²) in [5, 5.41) is 6.52. The van der Waals surface area contributed by atoms with Crippen LogP contribution in [0.15, 0.2) is 48.6 Å². The highest BCUT2D eigenvalue weighted by Crippen LogP contribution is 2.31. The van der Waals surface area contributed by atoms with E-state index in [1.807, 2.05) is 0 Å². The van der Waals surface area contributed by atoms with Crippen molar-refractivity contribution in [2.24, 2.45) is 0 Å². The van der Waals surface area contributed by atoms with Crippen molar-refractivity contribution in [3.8, 4) is 0 Å². The first kappa shape index (κ1) is 39.6. The summed E-state index contributed by atoms with van der Waals surface area (Å²) in [4.78, 5) is 75.3. The van der Waals surface area contributed by atoms with Gasteiger partial charge in [-0.05, 0) is 62.4 Å². The lowest BCUT2D eigenvalue weighted by Crippen LogP contribution is -2.41. The summed E-state index contributed by atoms with van der Waals surface area (Å²) in [5.74, 6) is -8.12. The number of ether oxygens (including phenoxy) is 2. The van der Waals surface area contributed by atoms with Gasteiger partial charge in [-0.2, -0.15) is 34.4 Å². The maximum absolute atomic E-state index is 13.5. The average molecular weight is 783 g/mol. The van der Waals surface area contributed by atoms with E-state index in [0.29, 0.717) is 0 Å². The molecule has 2 aromatic carbocycles. The molecule has 0 bridgehead atoms. The fourth-order valence-corrected chi connectivity index (χ4v) is 5.35. The molecule has 4 rings (SSSR count). The molecule has 0 radical (unpaired) electrons. The second-order valence-corrected chi connectivity index (χ2v) is 13.9. The minimum atomic E-state index is -5.98. The predicted octanol–water partition coefficient (Wildman–Crippen LogP) is 0.919. The molecule has 280 valence electrons. The van der Waals surface area contributed by atoms with Crippen molar-refractivity contribution in [2.45, 2.75) is 36.6 Å². The first-order chi connectivity index (χ1) is 24.0. The Kier molecular flexibility index (Phi) is 10.8. The molecule has 24 heteroatoms. The summed E-state index contributed by atoms with van der Waals surface area (Å²) in [5.41, 5.74) is -2.91. The minimum absolute atomic E-state index is 0.349. The quantitative estimate of drug-likeness (QED) is 0.117. The molecule has 0 aromatic heterocycles. The van der Waals surface area contributed by atoms with E-state index < -0.39 is 124 Å². The van der Waals surface area contributed by atoms with Gasteiger partial charge in [0.15, 0.2) is 0 Å². The Labute approximate surface area is 288 Å². The summed E-state index contributed by atoms with van der Waals surface area (Å²) in [7, 11) is -12.0. The summed E-state index contributed by atoms with van der Waals surface area (Å²) in [6.07, 6.45) is 0.355. The van der Waals surface area contributed by atoms with E-state index in [9.17, 15) is 63.2 Å². The van der Waals surface area contributed by atoms with E-state index in [4.69, 9.17) is 19.7 Å². The number of benzene rings is 2. The van der Waals surface area contributed by atoms with Crippen molar-refractivity contribution < 1.29 is 91.4 Å². The lowest BCUT2D eigenvalue weighted by Gasteiger charge is -2.17. The molecular weight excluding hydrogens is 760 g/mol. The number of fused-ring (bicyclic) bond motifs is 2. The van der Waals surface area contributed by atoms with Gasteiger partial charge >= 0.3 is 42.7 Å². The molecule has 2 unspecified atom stereocenters. The third kappa shape index (κ3) is 7.42. The number of aliphatic hydroxyl groups excluding tert-OH is 2. The minimum Gasteiger partial charge on any atom is -0.455 e. The Morgan fingerprint density at radius 1 is 0.654 bits per heavy atom. The molecule has 2 N–H and O–H groups in total. The van der Waals surface area contributed by atoms with Crippen LogP contribution in [0.2, 0.25) is 0 Å². The van der Waals surface area contributed by atoms with Crippen LogP contribution in [-0.2, 0) is 38.3 Å². The van der Waals surface area contributed by atoms with E-state index >= 15 is 0 Å². The number of halogens is 4. The highest BCUT2D eigenvalue weighted by Gasteiger charge is 2.52. The number of imide groups is 2. The van der Waals surface area contributed by atoms with E-state index in [1.54, 1.807) is 0 Å². The summed E-state index contributed by atoms with van der Waals surface area (Å²) >= 11 is 0. The molecule has 0 aliphatic carbocycles. The van der Waals surface area contributed by atoms with Gasteiger partial charge in [-0.3, -0.25) is 19.2 Å². The third-order valence-electron chi connectivity index (χ3n) is 6.85. The molecule has 2 heterocycles. The van der Waals surface area contributed by atoms with Crippen LogP contribution in [0.4, 0.5) is 17.6 Å². The van der Waals surface area contributed by atoms with E-state index in [-0.39, 0.29) is 11.1 Å². The first-order valence-corrected chi connectivity index (χ1v) is 16.8. The number of rotatable bonds is 14. The number of carbonyl (C=O) groups is 6. The van der Waals surface area contributed by atoms with Crippen LogP contribution in [-0.4, -0.2) is 109 Å². The van der Waals surface area contributed by atoms with Crippen molar-refractivity contribution in [1.82, 2.24) is 10.1 Å². The second-order valence-electron chi connectivity index (χ2n) is 10.6. The van der Waals surface area contributed by atoms with Crippen molar-refractivity contribution in [1.29, 1.82) is 0 Å². The topological polar surface area (TPSA) is 255 Å². The van der Waals surface area contributed by atoms with Gasteiger partial charge in [0.05, 0.1) is 33.4 Å². The molecule has 0 saturated heterocycles. The second kappa shape index (κ2) is 14.1. The average Bonchev–Trinajstić information content (AvgIpc) is 3.45. The Bertz CT molecular complexity index is 1990. The van der Waals surface area contributed by atoms with Gasteiger partial charge in [-0.1, -0.05) is 0 Å². The standard InChI is InChI=1S/C28H22F4N2O16S2/c1-13(47-25(41)15-5-7-17-19(9-15)23(39)33(21(17)37)49-51(43,44)27(29,30)11-35)3-4-14(2)48-26(42)16-6-8-18-20(10-16)24(40)34(22(18)38)50-52(45,46)28(31,32)12-36/h3-10,13-14,35-36H,11-12H2,1-2H3. The van der Waals surface area contributed by atoms with Gasteiger partial charge in [0.25, 0.3) is 23.6 Å². The number of aliphatic hydroxyl groups is 2. The molecular formula is C28H22F4N2O16S2. The Morgan fingerprint density at radius 3 is 1.27 bits per heavy atom. The van der Waals surface area contributed by atoms with Crippen LogP contribution in [0.1, 0.15) is 76.0 Å². The predicted molar refractivity (Wildman–Crippen MR) is 157 cm³/mol. The highest BCUT2D eigenvalue weighted by atomic mass is 32.2. The van der Waals surface area contributed by atoms with E-state index in [2.05, 4.69) is 8.57 Å². The van der Waals surface area contributed by atoms with Crippen LogP contribution >= 0.6 is 0 Å². The van der Waals surface area contributed by atoms with Crippen molar-refractivity contribution in [3.05, 3.63) is 81.9 Å². The van der Waals surface area contributed by atoms with Gasteiger partial charge in [-0.25, -0.2) is 9.59 Å². The fraction of sp³-hybridized carbons (Fsp3) is 0.286. The normalized spacial score (nSPS) is 16.3. The number of amides is 4. The van der Waals surface area contributed by atoms with Gasteiger partial charge < -0.3 is 19.7 Å². The van der Waals surface area contributed by atoms with E-state index in [0.717, 1.165) is 36.4 Å². The number of carbonyl (C=O) groups excluding carboxylic acids is 6. The van der Waals surface area contributed by atoms with Crippen LogP contribution in [0, 0.1) is 0 Å². The van der Waals surface area contributed by atoms with Crippen LogP contribution in [0.3, 0.4) is 0 Å². The number of alkyl halides is 4. The lowest BCUT2D eigenvalue weighted by atomic mass is 10.1. The molecule has 2 aromatic rings. The Balaban J connectivity index is 1.37. The van der Waals surface area contributed by atoms with Crippen LogP contribution < -0.4 is 0 Å². The molecule has 52 heavy (non-hydrogen) atoms. The number of hydroxylamine groups is 4. The molecule has 4 amide bonds. The zero-order valence-corrected chi connectivity index (χ0v) is 27.7. The number of nitrogens with zero attached hydrogens (tertiary/aromatic N) is 2. The maximum Gasteiger partial charge on any atom is 0.394 e. The van der Waals surface area contributed by atoms with Crippen molar-refractivity contribution in [2.75, 3.05) is 13.2 Å². The molecule has 2 aliphatic heterocycles. The number of hydrogen-bond donors (Lipinski definition) is 2. The molecule has 0 spiro atoms. The van der Waals surface area contributed by atoms with Gasteiger partial charge in [-0.15, -0.1) is 18.7 Å². The molecule has 0 fully saturated rings. The van der Waals surface area contributed by atoms with Crippen molar-refractivity contribution >= 4 is 55.8 Å². The maximum atomic E-state index is 13.5. The molecule has 2 atom stereocenters. The molecule has 0 saturated carbocycles. The van der Waals surface area contributed by atoms with Gasteiger partial charge in [0, 0.05) is 0 Å². The summed E-state index contributed by atoms with van der Waals surface area (Å²) in [6.45, 7) is -1.73. The molecule has 18 nitrogen and oxygen atoms in total. The smallest absolute Gasteiger partial charge is 0.394 e. The molecule has 2 aliphatic rings. The zero-order valence-electron chi connectivity index (χ0n) is 26.0. The Hall–Kier alpha value is -5.14. The van der Waals surface area contributed by atoms with Crippen LogP contribution in [0.25, 0.3) is 0 Å². The van der Waals surface area contributed by atoms with Crippen molar-refractivity contribution in [3.63, 3.8) is 0 Å². The fourth-order valence-electron chi connectivity index (χ4n) is 4.16. The van der Waals surface area contributed by atoms with Crippen LogP contribution in [0.5, 0.6) is 0 Å². The van der Waals surface area contributed by atoms with Gasteiger partial charge in [0.1, 0.15) is 25.4 Å². The van der Waals surface area contributed by atoms with E-state index in [1.165, 1.54) is 26.0 Å². The largest absolute Gasteiger partial charge is 0.455 e. The number of esters is 2. The third-order valence-corrected chi connectivity index (χ3v) is 9.27. The SMILES string of the molecule is CC(C=CC(C)OC(=O)c1ccc2c(c1)C(=O)N(OS(=O)(=O)C(F)(F)CO)C2=O)OC(=O)c1ccc2c(c1)C(=O)N(OS(=O)(=O)C(F)(F)CO)C2=O. The van der Waals surface area contributed by atoms with Gasteiger partial charge in [0.2, 0.25) is 0 Å². The number of hydrogen-bond acceptors (Lipinski definition) is 16. The first-order valence-electron chi connectivity index (χ1n) is 14.0. The Morgan fingerprint density at radius 2 is 0.962 bits per heavy atom. The monoisotopic (exact) mass is 782 g/mol. The lowest BCUT2D eigenvalue weighted by molar-refractivity contribution is -0.0355.